The number of hydrogen-bond donors (Lipinski definition) is 2. The quantitative estimate of drug-likeness (QED) is 0.832. The van der Waals surface area contributed by atoms with Crippen LogP contribution >= 0.6 is 11.3 Å². The second-order valence-electron chi connectivity index (χ2n) is 4.98. The summed E-state index contributed by atoms with van der Waals surface area (Å²) in [5, 5.41) is 12.1. The highest BCUT2D eigenvalue weighted by molar-refractivity contribution is 7.14. The average molecular weight is 267 g/mol. The number of rotatable bonds is 6. The van der Waals surface area contributed by atoms with Crippen molar-refractivity contribution in [2.75, 3.05) is 6.61 Å². The summed E-state index contributed by atoms with van der Waals surface area (Å²) in [5.74, 6) is 0.598. The maximum absolute atomic E-state index is 12.2. The SMILES string of the molecule is CCc1cc(C(=O)NC(CCO)C2CC2)sc1C. The highest BCUT2D eigenvalue weighted by Gasteiger charge is 2.32. The Labute approximate surface area is 112 Å². The van der Waals surface area contributed by atoms with Crippen LogP contribution in [0.3, 0.4) is 0 Å². The molecule has 1 atom stereocenters. The third-order valence-electron chi connectivity index (χ3n) is 3.57. The van der Waals surface area contributed by atoms with Gasteiger partial charge in [0.15, 0.2) is 0 Å². The molecule has 1 aromatic rings. The molecule has 4 heteroatoms. The summed E-state index contributed by atoms with van der Waals surface area (Å²) >= 11 is 1.56. The van der Waals surface area contributed by atoms with Crippen LogP contribution in [-0.4, -0.2) is 23.7 Å². The van der Waals surface area contributed by atoms with Gasteiger partial charge in [-0.15, -0.1) is 11.3 Å². The zero-order valence-electron chi connectivity index (χ0n) is 11.0. The lowest BCUT2D eigenvalue weighted by Gasteiger charge is -2.16. The van der Waals surface area contributed by atoms with Crippen molar-refractivity contribution in [3.8, 4) is 0 Å². The van der Waals surface area contributed by atoms with Gasteiger partial charge in [-0.2, -0.15) is 0 Å². The van der Waals surface area contributed by atoms with Crippen LogP contribution in [0, 0.1) is 12.8 Å². The summed E-state index contributed by atoms with van der Waals surface area (Å²) in [5.41, 5.74) is 1.26. The average Bonchev–Trinajstić information content (AvgIpc) is 3.12. The Balaban J connectivity index is 2.01. The van der Waals surface area contributed by atoms with E-state index in [9.17, 15) is 4.79 Å². The molecular weight excluding hydrogens is 246 g/mol. The molecule has 3 nitrogen and oxygen atoms in total. The van der Waals surface area contributed by atoms with E-state index >= 15 is 0 Å². The molecule has 1 heterocycles. The Morgan fingerprint density at radius 2 is 2.33 bits per heavy atom. The molecule has 1 aliphatic rings. The molecule has 1 aliphatic carbocycles. The zero-order valence-corrected chi connectivity index (χ0v) is 11.8. The van der Waals surface area contributed by atoms with Crippen LogP contribution in [0.15, 0.2) is 6.07 Å². The summed E-state index contributed by atoms with van der Waals surface area (Å²) in [6.07, 6.45) is 3.99. The lowest BCUT2D eigenvalue weighted by atomic mass is 10.1. The molecule has 0 spiro atoms. The summed E-state index contributed by atoms with van der Waals surface area (Å²) in [6, 6.07) is 2.15. The zero-order chi connectivity index (χ0) is 13.1. The van der Waals surface area contributed by atoms with E-state index in [2.05, 4.69) is 19.2 Å². The van der Waals surface area contributed by atoms with Crippen LogP contribution in [0.5, 0.6) is 0 Å². The third-order valence-corrected chi connectivity index (χ3v) is 4.66. The van der Waals surface area contributed by atoms with Gasteiger partial charge in [-0.1, -0.05) is 6.92 Å². The van der Waals surface area contributed by atoms with E-state index in [0.29, 0.717) is 12.3 Å². The fourth-order valence-electron chi connectivity index (χ4n) is 2.29. The van der Waals surface area contributed by atoms with Crippen LogP contribution in [0.2, 0.25) is 0 Å². The van der Waals surface area contributed by atoms with Crippen molar-refractivity contribution in [3.05, 3.63) is 21.4 Å². The fraction of sp³-hybridized carbons (Fsp3) is 0.643. The van der Waals surface area contributed by atoms with Crippen LogP contribution in [0.4, 0.5) is 0 Å². The molecule has 1 unspecified atom stereocenters. The van der Waals surface area contributed by atoms with E-state index in [-0.39, 0.29) is 18.6 Å². The molecule has 0 aliphatic heterocycles. The molecule has 1 amide bonds. The minimum Gasteiger partial charge on any atom is -0.396 e. The third kappa shape index (κ3) is 3.12. The topological polar surface area (TPSA) is 49.3 Å². The monoisotopic (exact) mass is 267 g/mol. The maximum atomic E-state index is 12.2. The first-order valence-electron chi connectivity index (χ1n) is 6.66. The van der Waals surface area contributed by atoms with E-state index in [0.717, 1.165) is 11.3 Å². The van der Waals surface area contributed by atoms with Crippen LogP contribution in [-0.2, 0) is 6.42 Å². The second kappa shape index (κ2) is 5.85. The Kier molecular flexibility index (Phi) is 4.40. The predicted octanol–water partition coefficient (Wildman–Crippen LogP) is 2.51. The lowest BCUT2D eigenvalue weighted by molar-refractivity contribution is 0.0928. The molecule has 1 aromatic heterocycles. The first-order chi connectivity index (χ1) is 8.65. The summed E-state index contributed by atoms with van der Waals surface area (Å²) in [7, 11) is 0. The molecule has 0 bridgehead atoms. The van der Waals surface area contributed by atoms with E-state index in [1.807, 2.05) is 6.07 Å². The van der Waals surface area contributed by atoms with Gasteiger partial charge < -0.3 is 10.4 Å². The highest BCUT2D eigenvalue weighted by Crippen LogP contribution is 2.34. The number of aliphatic hydroxyl groups excluding tert-OH is 1. The van der Waals surface area contributed by atoms with Gasteiger partial charge in [-0.05, 0) is 50.2 Å². The first-order valence-corrected chi connectivity index (χ1v) is 7.48. The standard InChI is InChI=1S/C14H21NO2S/c1-3-10-8-13(18-9(10)2)14(17)15-12(6-7-16)11-4-5-11/h8,11-12,16H,3-7H2,1-2H3,(H,15,17). The number of aryl methyl sites for hydroxylation is 2. The van der Waals surface area contributed by atoms with Crippen molar-refractivity contribution in [2.45, 2.75) is 45.6 Å². The molecule has 18 heavy (non-hydrogen) atoms. The predicted molar refractivity (Wildman–Crippen MR) is 74.1 cm³/mol. The molecular formula is C14H21NO2S. The minimum atomic E-state index is 0.0214. The van der Waals surface area contributed by atoms with Gasteiger partial charge in [-0.3, -0.25) is 4.79 Å². The number of aliphatic hydroxyl groups is 1. The summed E-state index contributed by atoms with van der Waals surface area (Å²) < 4.78 is 0. The molecule has 0 aromatic carbocycles. The van der Waals surface area contributed by atoms with Crippen LogP contribution in [0.25, 0.3) is 0 Å². The van der Waals surface area contributed by atoms with Crippen molar-refractivity contribution in [1.82, 2.24) is 5.32 Å². The van der Waals surface area contributed by atoms with Crippen molar-refractivity contribution in [1.29, 1.82) is 0 Å². The van der Waals surface area contributed by atoms with Crippen molar-refractivity contribution in [2.24, 2.45) is 5.92 Å². The van der Waals surface area contributed by atoms with Gasteiger partial charge in [0.2, 0.25) is 0 Å². The minimum absolute atomic E-state index is 0.0214. The second-order valence-corrected chi connectivity index (χ2v) is 6.23. The summed E-state index contributed by atoms with van der Waals surface area (Å²) in [4.78, 5) is 14.2. The number of nitrogens with one attached hydrogen (secondary N) is 1. The largest absolute Gasteiger partial charge is 0.396 e. The molecule has 1 fully saturated rings. The molecule has 0 saturated heterocycles. The van der Waals surface area contributed by atoms with Gasteiger partial charge in [0.25, 0.3) is 5.91 Å². The van der Waals surface area contributed by atoms with Crippen molar-refractivity contribution < 1.29 is 9.90 Å². The number of carbonyl (C=O) groups is 1. The molecule has 1 saturated carbocycles. The maximum Gasteiger partial charge on any atom is 0.261 e. The normalized spacial score (nSPS) is 16.6. The lowest BCUT2D eigenvalue weighted by Crippen LogP contribution is -2.36. The van der Waals surface area contributed by atoms with E-state index in [1.165, 1.54) is 23.3 Å². The Hall–Kier alpha value is -0.870. The number of hydrogen-bond acceptors (Lipinski definition) is 3. The molecule has 0 radical (unpaired) electrons. The number of thiophene rings is 1. The Bertz CT molecular complexity index is 423. The smallest absolute Gasteiger partial charge is 0.261 e. The van der Waals surface area contributed by atoms with Gasteiger partial charge in [-0.25, -0.2) is 0 Å². The first kappa shape index (κ1) is 13.6. The van der Waals surface area contributed by atoms with Crippen LogP contribution in [0.1, 0.15) is 46.3 Å². The number of amides is 1. The van der Waals surface area contributed by atoms with E-state index in [4.69, 9.17) is 5.11 Å². The van der Waals surface area contributed by atoms with Gasteiger partial charge in [0.1, 0.15) is 0 Å². The van der Waals surface area contributed by atoms with Gasteiger partial charge in [0, 0.05) is 17.5 Å². The van der Waals surface area contributed by atoms with Crippen LogP contribution < -0.4 is 5.32 Å². The van der Waals surface area contributed by atoms with Crippen molar-refractivity contribution >= 4 is 17.2 Å². The summed E-state index contributed by atoms with van der Waals surface area (Å²) in [6.45, 7) is 4.31. The van der Waals surface area contributed by atoms with Gasteiger partial charge >= 0.3 is 0 Å². The molecule has 2 rings (SSSR count). The van der Waals surface area contributed by atoms with Crippen molar-refractivity contribution in [3.63, 3.8) is 0 Å². The molecule has 2 N–H and O–H groups in total. The van der Waals surface area contributed by atoms with Gasteiger partial charge in [0.05, 0.1) is 4.88 Å². The number of carbonyl (C=O) groups excluding carboxylic acids is 1. The fourth-order valence-corrected chi connectivity index (χ4v) is 3.30. The van der Waals surface area contributed by atoms with E-state index < -0.39 is 0 Å². The Morgan fingerprint density at radius 3 is 2.83 bits per heavy atom. The Morgan fingerprint density at radius 1 is 1.61 bits per heavy atom. The molecule has 100 valence electrons. The van der Waals surface area contributed by atoms with E-state index in [1.54, 1.807) is 11.3 Å². The highest BCUT2D eigenvalue weighted by atomic mass is 32.1.